The van der Waals surface area contributed by atoms with Crippen LogP contribution in [0.1, 0.15) is 10.4 Å². The molecule has 1 amide bonds. The SMILES string of the molecule is COc1ccc2nc(NC(=O)COC(=O)c3ccc(Sc4nncn4C)c([N+](=O)[O-])c3)sc2c1. The van der Waals surface area contributed by atoms with E-state index < -0.39 is 23.4 Å². The van der Waals surface area contributed by atoms with E-state index in [0.29, 0.717) is 21.6 Å². The molecule has 2 aromatic carbocycles. The maximum absolute atomic E-state index is 12.4. The minimum absolute atomic E-state index is 0.0612. The van der Waals surface area contributed by atoms with E-state index in [9.17, 15) is 19.7 Å². The zero-order valence-corrected chi connectivity index (χ0v) is 19.4. The highest BCUT2D eigenvalue weighted by Crippen LogP contribution is 2.34. The van der Waals surface area contributed by atoms with E-state index in [1.165, 1.54) is 29.8 Å². The van der Waals surface area contributed by atoms with Gasteiger partial charge in [-0.05, 0) is 42.1 Å². The number of ether oxygens (including phenoxy) is 2. The third-order valence-corrected chi connectivity index (χ3v) is 6.49. The zero-order chi connectivity index (χ0) is 24.2. The van der Waals surface area contributed by atoms with Gasteiger partial charge in [-0.25, -0.2) is 9.78 Å². The normalized spacial score (nSPS) is 10.8. The van der Waals surface area contributed by atoms with Crippen LogP contribution >= 0.6 is 23.1 Å². The maximum Gasteiger partial charge on any atom is 0.338 e. The quantitative estimate of drug-likeness (QED) is 0.217. The molecule has 0 unspecified atom stereocenters. The van der Waals surface area contributed by atoms with Crippen LogP contribution in [0.4, 0.5) is 10.8 Å². The molecular formula is C20H16N6O6S2. The van der Waals surface area contributed by atoms with Crippen molar-refractivity contribution in [2.45, 2.75) is 10.1 Å². The fourth-order valence-corrected chi connectivity index (χ4v) is 4.55. The van der Waals surface area contributed by atoms with Gasteiger partial charge >= 0.3 is 5.97 Å². The van der Waals surface area contributed by atoms with Gasteiger partial charge in [0.15, 0.2) is 16.9 Å². The molecule has 4 aromatic rings. The van der Waals surface area contributed by atoms with E-state index in [2.05, 4.69) is 20.5 Å². The Kier molecular flexibility index (Phi) is 6.70. The average Bonchev–Trinajstić information content (AvgIpc) is 3.41. The van der Waals surface area contributed by atoms with Crippen molar-refractivity contribution >= 4 is 56.0 Å². The number of nitrogens with zero attached hydrogens (tertiary/aromatic N) is 5. The highest BCUT2D eigenvalue weighted by atomic mass is 32.2. The molecule has 0 fully saturated rings. The van der Waals surface area contributed by atoms with Crippen molar-refractivity contribution in [3.8, 4) is 5.75 Å². The van der Waals surface area contributed by atoms with Crippen molar-refractivity contribution in [2.24, 2.45) is 7.05 Å². The van der Waals surface area contributed by atoms with Crippen LogP contribution in [0.25, 0.3) is 10.2 Å². The number of anilines is 1. The molecule has 0 radical (unpaired) electrons. The Bertz CT molecular complexity index is 1400. The van der Waals surface area contributed by atoms with Gasteiger partial charge in [0.2, 0.25) is 0 Å². The number of benzene rings is 2. The Labute approximate surface area is 200 Å². The molecule has 34 heavy (non-hydrogen) atoms. The van der Waals surface area contributed by atoms with Crippen LogP contribution < -0.4 is 10.1 Å². The molecule has 0 aliphatic heterocycles. The number of nitro groups is 1. The molecule has 0 aliphatic rings. The number of nitro benzene ring substituents is 1. The average molecular weight is 501 g/mol. The molecule has 0 saturated heterocycles. The van der Waals surface area contributed by atoms with Gasteiger partial charge < -0.3 is 14.0 Å². The van der Waals surface area contributed by atoms with Crippen LogP contribution in [0.2, 0.25) is 0 Å². The lowest BCUT2D eigenvalue weighted by Crippen LogP contribution is -2.20. The summed E-state index contributed by atoms with van der Waals surface area (Å²) in [5, 5.41) is 22.5. The van der Waals surface area contributed by atoms with Gasteiger partial charge in [0, 0.05) is 13.1 Å². The van der Waals surface area contributed by atoms with E-state index in [4.69, 9.17) is 9.47 Å². The summed E-state index contributed by atoms with van der Waals surface area (Å²) in [6, 6.07) is 9.21. The number of rotatable bonds is 8. The first-order valence-electron chi connectivity index (χ1n) is 9.56. The van der Waals surface area contributed by atoms with E-state index in [-0.39, 0.29) is 16.1 Å². The van der Waals surface area contributed by atoms with Crippen molar-refractivity contribution in [1.82, 2.24) is 19.7 Å². The summed E-state index contributed by atoms with van der Waals surface area (Å²) < 4.78 is 12.6. The van der Waals surface area contributed by atoms with Gasteiger partial charge in [-0.3, -0.25) is 20.2 Å². The predicted molar refractivity (Wildman–Crippen MR) is 123 cm³/mol. The van der Waals surface area contributed by atoms with Crippen LogP contribution in [-0.2, 0) is 16.6 Å². The second-order valence-electron chi connectivity index (χ2n) is 6.74. The fourth-order valence-electron chi connectivity index (χ4n) is 2.79. The second-order valence-corrected chi connectivity index (χ2v) is 8.78. The summed E-state index contributed by atoms with van der Waals surface area (Å²) in [5.74, 6) is -0.802. The van der Waals surface area contributed by atoms with Gasteiger partial charge in [0.1, 0.15) is 12.1 Å². The summed E-state index contributed by atoms with van der Waals surface area (Å²) in [5.41, 5.74) is 0.329. The van der Waals surface area contributed by atoms with Gasteiger partial charge in [0.25, 0.3) is 11.6 Å². The summed E-state index contributed by atoms with van der Waals surface area (Å²) in [6.45, 7) is -0.582. The molecular weight excluding hydrogens is 484 g/mol. The van der Waals surface area contributed by atoms with Gasteiger partial charge in [-0.2, -0.15) is 0 Å². The Morgan fingerprint density at radius 3 is 2.79 bits per heavy atom. The standard InChI is InChI=1S/C20H16N6O6S2/c1-25-10-21-24-20(25)34-15-6-3-11(7-14(15)26(29)30)18(28)32-9-17(27)23-19-22-13-5-4-12(31-2)8-16(13)33-19/h3-8,10H,9H2,1-2H3,(H,22,23,27). The predicted octanol–water partition coefficient (Wildman–Crippen LogP) is 3.29. The van der Waals surface area contributed by atoms with Crippen molar-refractivity contribution in [2.75, 3.05) is 19.0 Å². The lowest BCUT2D eigenvalue weighted by Gasteiger charge is -2.07. The molecule has 0 bridgehead atoms. The number of thiazole rings is 1. The number of amides is 1. The van der Waals surface area contributed by atoms with E-state index in [1.807, 2.05) is 0 Å². The number of aromatic nitrogens is 4. The Morgan fingerprint density at radius 1 is 1.26 bits per heavy atom. The topological polar surface area (TPSA) is 151 Å². The molecule has 0 atom stereocenters. The molecule has 2 aromatic heterocycles. The number of nitrogens with one attached hydrogen (secondary N) is 1. The van der Waals surface area contributed by atoms with E-state index >= 15 is 0 Å². The van der Waals surface area contributed by atoms with Crippen LogP contribution in [0.15, 0.2) is 52.8 Å². The Morgan fingerprint density at radius 2 is 2.09 bits per heavy atom. The van der Waals surface area contributed by atoms with Crippen molar-refractivity contribution in [3.05, 3.63) is 58.4 Å². The van der Waals surface area contributed by atoms with Gasteiger partial charge in [-0.1, -0.05) is 11.3 Å². The largest absolute Gasteiger partial charge is 0.497 e. The number of esters is 1. The third kappa shape index (κ3) is 5.13. The first kappa shape index (κ1) is 23.1. The number of hydrogen-bond acceptors (Lipinski definition) is 11. The second kappa shape index (κ2) is 9.84. The van der Waals surface area contributed by atoms with Crippen LogP contribution in [0, 0.1) is 10.1 Å². The zero-order valence-electron chi connectivity index (χ0n) is 17.8. The maximum atomic E-state index is 12.4. The monoisotopic (exact) mass is 500 g/mol. The van der Waals surface area contributed by atoms with Crippen molar-refractivity contribution in [3.63, 3.8) is 0 Å². The van der Waals surface area contributed by atoms with Gasteiger partial charge in [-0.15, -0.1) is 10.2 Å². The molecule has 12 nitrogen and oxygen atoms in total. The number of hydrogen-bond donors (Lipinski definition) is 1. The number of methoxy groups -OCH3 is 1. The molecule has 4 rings (SSSR count). The smallest absolute Gasteiger partial charge is 0.338 e. The summed E-state index contributed by atoms with van der Waals surface area (Å²) in [7, 11) is 3.26. The fraction of sp³-hybridized carbons (Fsp3) is 0.150. The third-order valence-electron chi connectivity index (χ3n) is 4.44. The minimum Gasteiger partial charge on any atom is -0.497 e. The van der Waals surface area contributed by atoms with Crippen LogP contribution in [-0.4, -0.2) is 50.3 Å². The first-order valence-corrected chi connectivity index (χ1v) is 11.2. The van der Waals surface area contributed by atoms with Crippen molar-refractivity contribution < 1.29 is 24.0 Å². The van der Waals surface area contributed by atoms with E-state index in [0.717, 1.165) is 22.5 Å². The summed E-state index contributed by atoms with van der Waals surface area (Å²) >= 11 is 2.28. The summed E-state index contributed by atoms with van der Waals surface area (Å²) in [6.07, 6.45) is 1.47. The number of carbonyl (C=O) groups excluding carboxylic acids is 2. The molecule has 0 saturated carbocycles. The minimum atomic E-state index is -0.873. The first-order chi connectivity index (χ1) is 16.3. The molecule has 174 valence electrons. The molecule has 2 heterocycles. The molecule has 1 N–H and O–H groups in total. The highest BCUT2D eigenvalue weighted by Gasteiger charge is 2.21. The van der Waals surface area contributed by atoms with Crippen LogP contribution in [0.3, 0.4) is 0 Å². The Balaban J connectivity index is 1.40. The van der Waals surface area contributed by atoms with Crippen molar-refractivity contribution in [1.29, 1.82) is 0 Å². The van der Waals surface area contributed by atoms with Crippen LogP contribution in [0.5, 0.6) is 5.75 Å². The Hall–Kier alpha value is -4.04. The summed E-state index contributed by atoms with van der Waals surface area (Å²) in [4.78, 5) is 40.1. The molecule has 14 heteroatoms. The molecule has 0 aliphatic carbocycles. The van der Waals surface area contributed by atoms with E-state index in [1.54, 1.807) is 36.9 Å². The number of aryl methyl sites for hydroxylation is 1. The lowest BCUT2D eigenvalue weighted by molar-refractivity contribution is -0.387. The van der Waals surface area contributed by atoms with Gasteiger partial charge in [0.05, 0.1) is 32.7 Å². The highest BCUT2D eigenvalue weighted by molar-refractivity contribution is 7.99. The lowest BCUT2D eigenvalue weighted by atomic mass is 10.2. The number of carbonyl (C=O) groups is 2. The molecule has 0 spiro atoms. The number of fused-ring (bicyclic) bond motifs is 1.